The number of hydrogen-bond donors (Lipinski definition) is 0. The summed E-state index contributed by atoms with van der Waals surface area (Å²) in [6.45, 7) is 6.96. The predicted octanol–water partition coefficient (Wildman–Crippen LogP) is 9.95. The second kappa shape index (κ2) is 29.7. The summed E-state index contributed by atoms with van der Waals surface area (Å²) < 4.78 is 8.08. The summed E-state index contributed by atoms with van der Waals surface area (Å²) in [6.07, 6.45) is 30.6. The van der Waals surface area contributed by atoms with Gasteiger partial charge in [-0.15, -0.1) is 7.92 Å². The Morgan fingerprint density at radius 3 is 0.968 bits per heavy atom. The molecule has 0 unspecified atom stereocenters. The SMILES string of the molecule is CCCCCCCCP(CCCCCCCC)CCCCCCCC.COC(=O)OC. The van der Waals surface area contributed by atoms with Gasteiger partial charge in [-0.05, 0) is 37.7 Å². The van der Waals surface area contributed by atoms with E-state index in [1.165, 1.54) is 130 Å². The van der Waals surface area contributed by atoms with Crippen LogP contribution in [0.5, 0.6) is 0 Å². The second-order valence-corrected chi connectivity index (χ2v) is 11.5. The Morgan fingerprint density at radius 2 is 0.742 bits per heavy atom. The quantitative estimate of drug-likeness (QED) is 0.0971. The fraction of sp³-hybridized carbons (Fsp3) is 0.963. The van der Waals surface area contributed by atoms with Gasteiger partial charge >= 0.3 is 6.16 Å². The van der Waals surface area contributed by atoms with Crippen LogP contribution >= 0.6 is 7.92 Å². The van der Waals surface area contributed by atoms with E-state index in [0.29, 0.717) is 7.92 Å². The summed E-state index contributed by atoms with van der Waals surface area (Å²) in [4.78, 5) is 9.74. The van der Waals surface area contributed by atoms with Crippen LogP contribution in [-0.4, -0.2) is 38.9 Å². The maximum Gasteiger partial charge on any atom is 0.507 e. The minimum absolute atomic E-state index is 0.366. The normalized spacial score (nSPS) is 10.6. The lowest BCUT2D eigenvalue weighted by molar-refractivity contribution is 0.0924. The molecule has 0 atom stereocenters. The van der Waals surface area contributed by atoms with Crippen LogP contribution in [0, 0.1) is 0 Å². The first-order valence-electron chi connectivity index (χ1n) is 13.5. The van der Waals surface area contributed by atoms with Crippen molar-refractivity contribution < 1.29 is 14.3 Å². The van der Waals surface area contributed by atoms with E-state index in [0.717, 1.165) is 0 Å². The van der Waals surface area contributed by atoms with Crippen LogP contribution in [0.4, 0.5) is 4.79 Å². The molecule has 0 saturated heterocycles. The molecule has 0 radical (unpaired) electrons. The molecule has 0 N–H and O–H groups in total. The third-order valence-electron chi connectivity index (χ3n) is 5.82. The number of rotatable bonds is 21. The molecule has 0 rings (SSSR count). The zero-order valence-corrected chi connectivity index (χ0v) is 22.9. The second-order valence-electron chi connectivity index (χ2n) is 8.80. The van der Waals surface area contributed by atoms with Gasteiger partial charge in [0.15, 0.2) is 0 Å². The van der Waals surface area contributed by atoms with Gasteiger partial charge in [-0.3, -0.25) is 0 Å². The Hall–Kier alpha value is -0.300. The smallest absolute Gasteiger partial charge is 0.438 e. The minimum atomic E-state index is -0.657. The van der Waals surface area contributed by atoms with Crippen molar-refractivity contribution >= 4 is 14.1 Å². The van der Waals surface area contributed by atoms with E-state index in [1.807, 2.05) is 0 Å². The highest BCUT2D eigenvalue weighted by molar-refractivity contribution is 7.57. The van der Waals surface area contributed by atoms with Gasteiger partial charge in [0.1, 0.15) is 0 Å². The summed E-state index contributed by atoms with van der Waals surface area (Å²) in [5, 5.41) is 0. The van der Waals surface area contributed by atoms with Crippen molar-refractivity contribution in [1.29, 1.82) is 0 Å². The van der Waals surface area contributed by atoms with E-state index in [-0.39, 0.29) is 0 Å². The average molecular weight is 461 g/mol. The monoisotopic (exact) mass is 460 g/mol. The van der Waals surface area contributed by atoms with Crippen LogP contribution in [0.3, 0.4) is 0 Å². The number of carbonyl (C=O) groups is 1. The van der Waals surface area contributed by atoms with Gasteiger partial charge in [0, 0.05) is 0 Å². The van der Waals surface area contributed by atoms with E-state index < -0.39 is 6.16 Å². The van der Waals surface area contributed by atoms with Crippen molar-refractivity contribution in [2.75, 3.05) is 32.7 Å². The summed E-state index contributed by atoms with van der Waals surface area (Å²) in [7, 11) is 2.88. The van der Waals surface area contributed by atoms with E-state index in [1.54, 1.807) is 18.5 Å². The minimum Gasteiger partial charge on any atom is -0.438 e. The van der Waals surface area contributed by atoms with Gasteiger partial charge < -0.3 is 9.47 Å². The van der Waals surface area contributed by atoms with Crippen molar-refractivity contribution in [3.05, 3.63) is 0 Å². The molecule has 31 heavy (non-hydrogen) atoms. The van der Waals surface area contributed by atoms with Crippen LogP contribution in [0.25, 0.3) is 0 Å². The van der Waals surface area contributed by atoms with E-state index >= 15 is 0 Å². The van der Waals surface area contributed by atoms with Gasteiger partial charge in [0.2, 0.25) is 0 Å². The molecular formula is C27H57O3P. The van der Waals surface area contributed by atoms with Gasteiger partial charge in [-0.1, -0.05) is 117 Å². The first kappa shape index (κ1) is 32.9. The number of carbonyl (C=O) groups excluding carboxylic acids is 1. The van der Waals surface area contributed by atoms with Crippen LogP contribution in [0.1, 0.15) is 136 Å². The lowest BCUT2D eigenvalue weighted by Gasteiger charge is -2.18. The van der Waals surface area contributed by atoms with Gasteiger partial charge in [0.25, 0.3) is 0 Å². The molecular weight excluding hydrogens is 403 g/mol. The summed E-state index contributed by atoms with van der Waals surface area (Å²) >= 11 is 0. The Bertz CT molecular complexity index is 292. The highest BCUT2D eigenvalue weighted by atomic mass is 31.1. The maximum absolute atomic E-state index is 9.74. The Kier molecular flexibility index (Phi) is 31.5. The highest BCUT2D eigenvalue weighted by Crippen LogP contribution is 2.39. The zero-order chi connectivity index (χ0) is 23.4. The molecule has 0 aliphatic carbocycles. The van der Waals surface area contributed by atoms with Crippen molar-refractivity contribution in [1.82, 2.24) is 0 Å². The summed E-state index contributed by atoms with van der Waals surface area (Å²) in [5.41, 5.74) is 0. The van der Waals surface area contributed by atoms with Crippen LogP contribution < -0.4 is 0 Å². The molecule has 0 aliphatic rings. The molecule has 188 valence electrons. The Morgan fingerprint density at radius 1 is 0.484 bits per heavy atom. The van der Waals surface area contributed by atoms with Crippen LogP contribution in [0.15, 0.2) is 0 Å². The van der Waals surface area contributed by atoms with E-state index in [2.05, 4.69) is 30.2 Å². The molecule has 0 spiro atoms. The van der Waals surface area contributed by atoms with Gasteiger partial charge in [0.05, 0.1) is 14.2 Å². The molecule has 0 amide bonds. The largest absolute Gasteiger partial charge is 0.507 e. The molecule has 0 bridgehead atoms. The highest BCUT2D eigenvalue weighted by Gasteiger charge is 2.07. The molecule has 0 heterocycles. The Balaban J connectivity index is 0. The van der Waals surface area contributed by atoms with Gasteiger partial charge in [-0.25, -0.2) is 4.79 Å². The van der Waals surface area contributed by atoms with E-state index in [9.17, 15) is 4.79 Å². The third-order valence-corrected chi connectivity index (χ3v) is 8.66. The number of unbranched alkanes of at least 4 members (excludes halogenated alkanes) is 15. The molecule has 0 aliphatic heterocycles. The number of hydrogen-bond acceptors (Lipinski definition) is 3. The standard InChI is InChI=1S/C24H51P.C3H6O3/c1-4-7-10-13-16-19-22-25(23-20-17-14-11-8-5-2)24-21-18-15-12-9-6-3;1-5-3(4)6-2/h4-24H2,1-3H3;1-2H3. The predicted molar refractivity (Wildman–Crippen MR) is 141 cm³/mol. The third kappa shape index (κ3) is 29.7. The van der Waals surface area contributed by atoms with Crippen LogP contribution in [0.2, 0.25) is 0 Å². The summed E-state index contributed by atoms with van der Waals surface area (Å²) in [5.74, 6) is 0. The number of methoxy groups -OCH3 is 2. The molecule has 3 nitrogen and oxygen atoms in total. The van der Waals surface area contributed by atoms with Crippen molar-refractivity contribution in [3.63, 3.8) is 0 Å². The fourth-order valence-corrected chi connectivity index (χ4v) is 6.45. The molecule has 0 aromatic carbocycles. The molecule has 0 fully saturated rings. The topological polar surface area (TPSA) is 35.5 Å². The Labute approximate surface area is 197 Å². The zero-order valence-electron chi connectivity index (χ0n) is 22.0. The maximum atomic E-state index is 9.74. The lowest BCUT2D eigenvalue weighted by Crippen LogP contribution is -1.97. The molecule has 4 heteroatoms. The van der Waals surface area contributed by atoms with Gasteiger partial charge in [-0.2, -0.15) is 0 Å². The first-order valence-corrected chi connectivity index (χ1v) is 15.4. The van der Waals surface area contributed by atoms with E-state index in [4.69, 9.17) is 0 Å². The average Bonchev–Trinajstić information content (AvgIpc) is 2.79. The first-order chi connectivity index (χ1) is 15.2. The summed E-state index contributed by atoms with van der Waals surface area (Å²) in [6, 6.07) is 0. The fourth-order valence-electron chi connectivity index (χ4n) is 3.77. The van der Waals surface area contributed by atoms with Crippen molar-refractivity contribution in [2.24, 2.45) is 0 Å². The molecule has 0 aromatic heterocycles. The van der Waals surface area contributed by atoms with Crippen LogP contribution in [-0.2, 0) is 9.47 Å². The van der Waals surface area contributed by atoms with Crippen molar-refractivity contribution in [3.8, 4) is 0 Å². The molecule has 0 saturated carbocycles. The van der Waals surface area contributed by atoms with Crippen molar-refractivity contribution in [2.45, 2.75) is 136 Å². The number of ether oxygens (including phenoxy) is 2. The molecule has 0 aromatic rings. The lowest BCUT2D eigenvalue weighted by atomic mass is 10.1.